The number of rotatable bonds is 5. The summed E-state index contributed by atoms with van der Waals surface area (Å²) in [4.78, 5) is 0. The Morgan fingerprint density at radius 3 is 2.59 bits per heavy atom. The Morgan fingerprint density at radius 1 is 1.00 bits per heavy atom. The zero-order valence-corrected chi connectivity index (χ0v) is 18.8. The molecule has 2 saturated carbocycles. The molecule has 0 unspecified atom stereocenters. The van der Waals surface area contributed by atoms with Crippen molar-refractivity contribution in [2.24, 2.45) is 40.4 Å². The Hall–Kier alpha value is -0.520. The van der Waals surface area contributed by atoms with E-state index in [-0.39, 0.29) is 0 Å². The second kappa shape index (κ2) is 7.38. The van der Waals surface area contributed by atoms with Gasteiger partial charge < -0.3 is 0 Å². The quantitative estimate of drug-likeness (QED) is 0.457. The van der Waals surface area contributed by atoms with E-state index in [1.165, 1.54) is 70.6 Å². The van der Waals surface area contributed by atoms with Crippen molar-refractivity contribution in [3.63, 3.8) is 0 Å². The molecule has 0 nitrogen and oxygen atoms in total. The Kier molecular flexibility index (Phi) is 5.41. The van der Waals surface area contributed by atoms with Gasteiger partial charge in [0, 0.05) is 0 Å². The lowest BCUT2D eigenvalue weighted by Gasteiger charge is -2.54. The molecule has 6 atom stereocenters. The van der Waals surface area contributed by atoms with Crippen molar-refractivity contribution in [3.05, 3.63) is 23.3 Å². The topological polar surface area (TPSA) is 0 Å². The van der Waals surface area contributed by atoms with Crippen LogP contribution in [0.1, 0.15) is 105 Å². The molecular formula is C27H44. The lowest BCUT2D eigenvalue weighted by molar-refractivity contribution is 0.0539. The van der Waals surface area contributed by atoms with Crippen LogP contribution in [0, 0.1) is 40.4 Å². The van der Waals surface area contributed by atoms with Crippen LogP contribution in [0.25, 0.3) is 0 Å². The van der Waals surface area contributed by atoms with Gasteiger partial charge in [-0.2, -0.15) is 0 Å². The highest BCUT2D eigenvalue weighted by Crippen LogP contribution is 2.64. The highest BCUT2D eigenvalue weighted by molar-refractivity contribution is 5.42. The van der Waals surface area contributed by atoms with Crippen LogP contribution in [0.15, 0.2) is 23.3 Å². The van der Waals surface area contributed by atoms with E-state index in [4.69, 9.17) is 0 Å². The summed E-state index contributed by atoms with van der Waals surface area (Å²) in [6.07, 6.45) is 21.2. The molecule has 27 heavy (non-hydrogen) atoms. The number of fused-ring (bicyclic) bond motifs is 4. The number of allylic oxidation sites excluding steroid dienone is 4. The second-order valence-electron chi connectivity index (χ2n) is 11.6. The summed E-state index contributed by atoms with van der Waals surface area (Å²) in [5.41, 5.74) is 4.80. The van der Waals surface area contributed by atoms with Gasteiger partial charge in [-0.05, 0) is 84.5 Å². The number of hydrogen-bond donors (Lipinski definition) is 0. The van der Waals surface area contributed by atoms with Crippen molar-refractivity contribution in [1.29, 1.82) is 0 Å². The van der Waals surface area contributed by atoms with Gasteiger partial charge in [0.25, 0.3) is 0 Å². The van der Waals surface area contributed by atoms with Gasteiger partial charge >= 0.3 is 0 Å². The summed E-state index contributed by atoms with van der Waals surface area (Å²) in [6.45, 7) is 12.6. The van der Waals surface area contributed by atoms with Crippen molar-refractivity contribution in [1.82, 2.24) is 0 Å². The fourth-order valence-electron chi connectivity index (χ4n) is 7.97. The summed E-state index contributed by atoms with van der Waals surface area (Å²) in [7, 11) is 0. The van der Waals surface area contributed by atoms with E-state index < -0.39 is 0 Å². The zero-order valence-electron chi connectivity index (χ0n) is 18.8. The molecule has 4 aliphatic rings. The molecule has 0 amide bonds. The molecule has 0 N–H and O–H groups in total. The Morgan fingerprint density at radius 2 is 1.81 bits per heavy atom. The van der Waals surface area contributed by atoms with Gasteiger partial charge in [0.1, 0.15) is 0 Å². The van der Waals surface area contributed by atoms with Gasteiger partial charge in [-0.15, -0.1) is 0 Å². The van der Waals surface area contributed by atoms with Gasteiger partial charge in [0.05, 0.1) is 0 Å². The SMILES string of the molecule is CC(C)CCC[C@@H](C)[C@H]1CCC2=C3C=C[C@H]4CCCC[C@]4(C)[C@H]3CC[C@@]21C. The Balaban J connectivity index is 1.57. The van der Waals surface area contributed by atoms with Crippen LogP contribution in [0.5, 0.6) is 0 Å². The molecule has 0 aliphatic heterocycles. The zero-order chi connectivity index (χ0) is 19.2. The largest absolute Gasteiger partial charge is 0.0806 e. The molecule has 2 fully saturated rings. The predicted molar refractivity (Wildman–Crippen MR) is 118 cm³/mol. The first kappa shape index (κ1) is 19.8. The van der Waals surface area contributed by atoms with Crippen LogP contribution in [-0.2, 0) is 0 Å². The minimum Gasteiger partial charge on any atom is -0.0806 e. The minimum absolute atomic E-state index is 0.505. The monoisotopic (exact) mass is 368 g/mol. The van der Waals surface area contributed by atoms with Crippen LogP contribution in [0.2, 0.25) is 0 Å². The van der Waals surface area contributed by atoms with E-state index in [0.29, 0.717) is 10.8 Å². The molecule has 4 aliphatic carbocycles. The molecule has 0 bridgehead atoms. The van der Waals surface area contributed by atoms with Gasteiger partial charge in [-0.25, -0.2) is 0 Å². The maximum absolute atomic E-state index is 2.66. The van der Waals surface area contributed by atoms with Gasteiger partial charge in [-0.3, -0.25) is 0 Å². The third-order valence-corrected chi connectivity index (χ3v) is 9.65. The highest BCUT2D eigenvalue weighted by atomic mass is 14.6. The Labute approximate surface area is 169 Å². The van der Waals surface area contributed by atoms with Crippen LogP contribution in [0.3, 0.4) is 0 Å². The number of hydrogen-bond acceptors (Lipinski definition) is 0. The molecule has 0 heteroatoms. The smallest absolute Gasteiger partial charge is 0.00793 e. The van der Waals surface area contributed by atoms with Crippen LogP contribution in [0.4, 0.5) is 0 Å². The second-order valence-corrected chi connectivity index (χ2v) is 11.6. The van der Waals surface area contributed by atoms with E-state index >= 15 is 0 Å². The van der Waals surface area contributed by atoms with E-state index in [1.54, 1.807) is 0 Å². The fraction of sp³-hybridized carbons (Fsp3) is 0.852. The van der Waals surface area contributed by atoms with Crippen LogP contribution < -0.4 is 0 Å². The molecule has 152 valence electrons. The average Bonchev–Trinajstić information content (AvgIpc) is 2.98. The molecule has 0 aromatic rings. The van der Waals surface area contributed by atoms with Crippen molar-refractivity contribution >= 4 is 0 Å². The fourth-order valence-corrected chi connectivity index (χ4v) is 7.97. The van der Waals surface area contributed by atoms with Crippen molar-refractivity contribution in [2.75, 3.05) is 0 Å². The van der Waals surface area contributed by atoms with Crippen LogP contribution >= 0.6 is 0 Å². The molecular weight excluding hydrogens is 324 g/mol. The highest BCUT2D eigenvalue weighted by Gasteiger charge is 2.53. The predicted octanol–water partition coefficient (Wildman–Crippen LogP) is 8.34. The molecule has 0 spiro atoms. The Bertz CT molecular complexity index is 608. The van der Waals surface area contributed by atoms with Gasteiger partial charge in [-0.1, -0.05) is 84.4 Å². The third-order valence-electron chi connectivity index (χ3n) is 9.65. The lowest BCUT2D eigenvalue weighted by Crippen LogP contribution is -2.44. The van der Waals surface area contributed by atoms with Gasteiger partial charge in [0.2, 0.25) is 0 Å². The summed E-state index contributed by atoms with van der Waals surface area (Å²) < 4.78 is 0. The first-order valence-corrected chi connectivity index (χ1v) is 12.3. The summed E-state index contributed by atoms with van der Waals surface area (Å²) in [6, 6.07) is 0. The summed E-state index contributed by atoms with van der Waals surface area (Å²) >= 11 is 0. The summed E-state index contributed by atoms with van der Waals surface area (Å²) in [5, 5.41) is 0. The molecule has 0 saturated heterocycles. The van der Waals surface area contributed by atoms with E-state index in [9.17, 15) is 0 Å². The minimum atomic E-state index is 0.505. The van der Waals surface area contributed by atoms with E-state index in [1.807, 2.05) is 11.1 Å². The molecule has 0 aromatic carbocycles. The molecule has 4 rings (SSSR count). The molecule has 0 radical (unpaired) electrons. The maximum atomic E-state index is 2.66. The molecule has 0 heterocycles. The maximum Gasteiger partial charge on any atom is -0.00793 e. The average molecular weight is 369 g/mol. The van der Waals surface area contributed by atoms with Crippen molar-refractivity contribution in [3.8, 4) is 0 Å². The van der Waals surface area contributed by atoms with Crippen LogP contribution in [-0.4, -0.2) is 0 Å². The lowest BCUT2D eigenvalue weighted by atomic mass is 9.51. The van der Waals surface area contributed by atoms with E-state index in [2.05, 4.69) is 46.8 Å². The van der Waals surface area contributed by atoms with E-state index in [0.717, 1.165) is 29.6 Å². The van der Waals surface area contributed by atoms with Gasteiger partial charge in [0.15, 0.2) is 0 Å². The standard InChI is InChI=1S/C27H44/c1-19(2)9-8-10-20(3)23-14-15-24-22-13-12-21-11-6-7-17-26(21,4)25(22)16-18-27(23,24)5/h12-13,19-21,23,25H,6-11,14-18H2,1-5H3/t20-,21-,23-,25+,26+,27-/m1/s1. The third kappa shape index (κ3) is 3.28. The summed E-state index contributed by atoms with van der Waals surface area (Å²) in [5.74, 6) is 4.41. The first-order valence-electron chi connectivity index (χ1n) is 12.3. The van der Waals surface area contributed by atoms with Crippen molar-refractivity contribution < 1.29 is 0 Å². The van der Waals surface area contributed by atoms with Crippen molar-refractivity contribution in [2.45, 2.75) is 105 Å². The normalized spacial score (nSPS) is 42.1. The first-order chi connectivity index (χ1) is 12.9. The molecule has 0 aromatic heterocycles.